The minimum absolute atomic E-state index is 0.0609. The minimum Gasteiger partial charge on any atom is -0.354 e. The summed E-state index contributed by atoms with van der Waals surface area (Å²) in [6.45, 7) is 0. The van der Waals surface area contributed by atoms with E-state index in [1.54, 1.807) is 0 Å². The Bertz CT molecular complexity index is 652. The first-order valence-corrected chi connectivity index (χ1v) is 6.71. The zero-order valence-corrected chi connectivity index (χ0v) is 11.5. The van der Waals surface area contributed by atoms with Crippen LogP contribution in [0.25, 0.3) is 0 Å². The normalized spacial score (nSPS) is 24.0. The number of imide groups is 1. The van der Waals surface area contributed by atoms with Crippen molar-refractivity contribution >= 4 is 17.8 Å². The number of carbonyl (C=O) groups excluding carboxylic acids is 3. The molecule has 1 aromatic carbocycles. The van der Waals surface area contributed by atoms with Crippen molar-refractivity contribution in [2.75, 3.05) is 0 Å². The summed E-state index contributed by atoms with van der Waals surface area (Å²) in [5.74, 6) is -2.89. The SMILES string of the molecule is O=C(ON1C(=O)c2ccccc2C1=O)[C@H]1CC[C@@H](C(F)(F)F)O1. The van der Waals surface area contributed by atoms with Gasteiger partial charge >= 0.3 is 12.1 Å². The second kappa shape index (κ2) is 5.34. The zero-order valence-electron chi connectivity index (χ0n) is 11.5. The van der Waals surface area contributed by atoms with E-state index in [4.69, 9.17) is 0 Å². The van der Waals surface area contributed by atoms with E-state index in [9.17, 15) is 27.6 Å². The molecule has 1 fully saturated rings. The lowest BCUT2D eigenvalue weighted by molar-refractivity contribution is -0.222. The summed E-state index contributed by atoms with van der Waals surface area (Å²) in [6.07, 6.45) is -8.68. The Kier molecular flexibility index (Phi) is 3.59. The number of fused-ring (bicyclic) bond motifs is 1. The highest BCUT2D eigenvalue weighted by molar-refractivity contribution is 6.20. The quantitative estimate of drug-likeness (QED) is 0.774. The van der Waals surface area contributed by atoms with Gasteiger partial charge in [0.25, 0.3) is 11.8 Å². The van der Waals surface area contributed by atoms with Crippen molar-refractivity contribution in [2.45, 2.75) is 31.2 Å². The van der Waals surface area contributed by atoms with Crippen LogP contribution in [0.2, 0.25) is 0 Å². The summed E-state index contributed by atoms with van der Waals surface area (Å²) in [6, 6.07) is 5.83. The predicted molar refractivity (Wildman–Crippen MR) is 67.0 cm³/mol. The van der Waals surface area contributed by atoms with Gasteiger partial charge < -0.3 is 9.57 Å². The van der Waals surface area contributed by atoms with Crippen LogP contribution in [-0.4, -0.2) is 41.2 Å². The Morgan fingerprint density at radius 3 is 2.17 bits per heavy atom. The lowest BCUT2D eigenvalue weighted by Crippen LogP contribution is -2.38. The van der Waals surface area contributed by atoms with Crippen molar-refractivity contribution in [3.8, 4) is 0 Å². The van der Waals surface area contributed by atoms with Gasteiger partial charge in [-0.2, -0.15) is 13.2 Å². The van der Waals surface area contributed by atoms with Gasteiger partial charge in [0, 0.05) is 0 Å². The molecule has 0 bridgehead atoms. The fraction of sp³-hybridized carbons (Fsp3) is 0.357. The van der Waals surface area contributed by atoms with E-state index in [0.29, 0.717) is 0 Å². The number of amides is 2. The van der Waals surface area contributed by atoms with Gasteiger partial charge in [0.15, 0.2) is 12.2 Å². The zero-order chi connectivity index (χ0) is 16.8. The number of hydrogen-bond donors (Lipinski definition) is 0. The summed E-state index contributed by atoms with van der Waals surface area (Å²) in [7, 11) is 0. The number of nitrogens with zero attached hydrogens (tertiary/aromatic N) is 1. The maximum atomic E-state index is 12.5. The average Bonchev–Trinajstić information content (AvgIpc) is 3.08. The lowest BCUT2D eigenvalue weighted by Gasteiger charge is -2.17. The highest BCUT2D eigenvalue weighted by Gasteiger charge is 2.48. The molecule has 0 aromatic heterocycles. The van der Waals surface area contributed by atoms with Crippen LogP contribution in [0.1, 0.15) is 33.6 Å². The minimum atomic E-state index is -4.58. The lowest BCUT2D eigenvalue weighted by atomic mass is 10.1. The smallest absolute Gasteiger partial charge is 0.354 e. The molecule has 23 heavy (non-hydrogen) atoms. The molecule has 2 aliphatic rings. The van der Waals surface area contributed by atoms with Crippen LogP contribution in [0.15, 0.2) is 24.3 Å². The molecule has 2 aliphatic heterocycles. The molecule has 9 heteroatoms. The second-order valence-electron chi connectivity index (χ2n) is 5.09. The number of hydrogen-bond acceptors (Lipinski definition) is 5. The predicted octanol–water partition coefficient (Wildman–Crippen LogP) is 1.85. The van der Waals surface area contributed by atoms with Crippen molar-refractivity contribution in [1.82, 2.24) is 5.06 Å². The molecule has 0 spiro atoms. The Labute approximate surface area is 127 Å². The Morgan fingerprint density at radius 2 is 1.70 bits per heavy atom. The molecule has 1 aromatic rings. The van der Waals surface area contributed by atoms with Crippen LogP contribution in [0.3, 0.4) is 0 Å². The number of carbonyl (C=O) groups is 3. The van der Waals surface area contributed by atoms with Crippen LogP contribution in [-0.2, 0) is 14.4 Å². The largest absolute Gasteiger partial charge is 0.414 e. The standard InChI is InChI=1S/C14H10F3NO5/c15-14(16,17)10-6-5-9(22-10)13(21)23-18-11(19)7-3-1-2-4-8(7)12(18)20/h1-4,9-10H,5-6H2/t9-,10+/m1/s1. The topological polar surface area (TPSA) is 72.9 Å². The maximum Gasteiger partial charge on any atom is 0.414 e. The van der Waals surface area contributed by atoms with Gasteiger partial charge in [-0.25, -0.2) is 4.79 Å². The molecule has 122 valence electrons. The number of benzene rings is 1. The van der Waals surface area contributed by atoms with Gasteiger partial charge in [-0.05, 0) is 25.0 Å². The van der Waals surface area contributed by atoms with E-state index < -0.39 is 36.2 Å². The Hall–Kier alpha value is -2.42. The van der Waals surface area contributed by atoms with Crippen molar-refractivity contribution in [1.29, 1.82) is 0 Å². The molecule has 6 nitrogen and oxygen atoms in total. The summed E-state index contributed by atoms with van der Waals surface area (Å²) in [4.78, 5) is 40.5. The van der Waals surface area contributed by atoms with Crippen LogP contribution in [0.5, 0.6) is 0 Å². The first-order chi connectivity index (χ1) is 10.8. The van der Waals surface area contributed by atoms with Gasteiger partial charge in [-0.15, -0.1) is 0 Å². The van der Waals surface area contributed by atoms with Crippen molar-refractivity contribution in [2.24, 2.45) is 0 Å². The number of alkyl halides is 3. The third kappa shape index (κ3) is 2.67. The van der Waals surface area contributed by atoms with Gasteiger partial charge in [-0.3, -0.25) is 9.59 Å². The monoisotopic (exact) mass is 329 g/mol. The van der Waals surface area contributed by atoms with Crippen LogP contribution >= 0.6 is 0 Å². The van der Waals surface area contributed by atoms with Gasteiger partial charge in [0.1, 0.15) is 0 Å². The molecule has 2 atom stereocenters. The molecule has 3 rings (SSSR count). The van der Waals surface area contributed by atoms with E-state index in [-0.39, 0.29) is 29.0 Å². The summed E-state index contributed by atoms with van der Waals surface area (Å²) < 4.78 is 42.1. The second-order valence-corrected chi connectivity index (χ2v) is 5.09. The number of ether oxygens (including phenoxy) is 1. The van der Waals surface area contributed by atoms with E-state index in [1.807, 2.05) is 0 Å². The van der Waals surface area contributed by atoms with Crippen LogP contribution in [0, 0.1) is 0 Å². The molecule has 2 amide bonds. The van der Waals surface area contributed by atoms with Gasteiger partial charge in [-0.1, -0.05) is 17.2 Å². The third-order valence-corrected chi connectivity index (χ3v) is 3.59. The fourth-order valence-electron chi connectivity index (χ4n) is 2.45. The molecule has 1 saturated heterocycles. The first kappa shape index (κ1) is 15.5. The molecule has 0 unspecified atom stereocenters. The van der Waals surface area contributed by atoms with Gasteiger partial charge in [0.2, 0.25) is 0 Å². The Balaban J connectivity index is 1.68. The molecular weight excluding hydrogens is 319 g/mol. The maximum absolute atomic E-state index is 12.5. The van der Waals surface area contributed by atoms with Crippen molar-refractivity contribution < 1.29 is 37.1 Å². The fourth-order valence-corrected chi connectivity index (χ4v) is 2.45. The first-order valence-electron chi connectivity index (χ1n) is 6.71. The van der Waals surface area contributed by atoms with E-state index in [1.165, 1.54) is 24.3 Å². The van der Waals surface area contributed by atoms with Crippen molar-refractivity contribution in [3.05, 3.63) is 35.4 Å². The Morgan fingerprint density at radius 1 is 1.13 bits per heavy atom. The summed E-state index contributed by atoms with van der Waals surface area (Å²) in [5.41, 5.74) is 0.122. The average molecular weight is 329 g/mol. The molecule has 0 saturated carbocycles. The highest BCUT2D eigenvalue weighted by Crippen LogP contribution is 2.34. The molecule has 0 radical (unpaired) electrons. The highest BCUT2D eigenvalue weighted by atomic mass is 19.4. The van der Waals surface area contributed by atoms with Gasteiger partial charge in [0.05, 0.1) is 11.1 Å². The van der Waals surface area contributed by atoms with E-state index in [0.717, 1.165) is 0 Å². The summed E-state index contributed by atoms with van der Waals surface area (Å²) in [5, 5.41) is 0.247. The van der Waals surface area contributed by atoms with E-state index >= 15 is 0 Å². The van der Waals surface area contributed by atoms with Crippen LogP contribution in [0.4, 0.5) is 13.2 Å². The molecule has 0 aliphatic carbocycles. The summed E-state index contributed by atoms with van der Waals surface area (Å²) >= 11 is 0. The number of hydroxylamine groups is 2. The number of halogens is 3. The van der Waals surface area contributed by atoms with E-state index in [2.05, 4.69) is 9.57 Å². The molecular formula is C14H10F3NO5. The van der Waals surface area contributed by atoms with Crippen LogP contribution < -0.4 is 0 Å². The molecule has 2 heterocycles. The molecule has 0 N–H and O–H groups in total. The van der Waals surface area contributed by atoms with Crippen molar-refractivity contribution in [3.63, 3.8) is 0 Å². The third-order valence-electron chi connectivity index (χ3n) is 3.59. The number of rotatable bonds is 2.